The molecule has 6 heteroatoms. The molecule has 0 bridgehead atoms. The second-order valence-corrected chi connectivity index (χ2v) is 6.98. The molecule has 27 heavy (non-hydrogen) atoms. The van der Waals surface area contributed by atoms with Crippen molar-refractivity contribution in [2.45, 2.75) is 52.2 Å². The lowest BCUT2D eigenvalue weighted by Crippen LogP contribution is -2.44. The van der Waals surface area contributed by atoms with Crippen LogP contribution in [-0.2, 0) is 29.1 Å². The van der Waals surface area contributed by atoms with Crippen LogP contribution in [0.1, 0.15) is 38.1 Å². The highest BCUT2D eigenvalue weighted by atomic mass is 16.2. The Kier molecular flexibility index (Phi) is 6.27. The molecular weight excluding hydrogens is 340 g/mol. The number of hydrogen-bond donors (Lipinski definition) is 0. The molecule has 1 aromatic heterocycles. The van der Waals surface area contributed by atoms with Gasteiger partial charge in [0.15, 0.2) is 0 Å². The van der Waals surface area contributed by atoms with Crippen molar-refractivity contribution in [3.63, 3.8) is 0 Å². The summed E-state index contributed by atoms with van der Waals surface area (Å²) in [7, 11) is 0. The van der Waals surface area contributed by atoms with Gasteiger partial charge < -0.3 is 14.4 Å². The fraction of sp³-hybridized carbons (Fsp3) is 0.476. The molecule has 6 nitrogen and oxygen atoms in total. The molecule has 2 heterocycles. The van der Waals surface area contributed by atoms with Crippen molar-refractivity contribution < 1.29 is 9.59 Å². The van der Waals surface area contributed by atoms with Crippen LogP contribution >= 0.6 is 0 Å². The highest BCUT2D eigenvalue weighted by Crippen LogP contribution is 2.18. The Labute approximate surface area is 160 Å². The lowest BCUT2D eigenvalue weighted by Gasteiger charge is -2.31. The number of amides is 2. The molecule has 1 fully saturated rings. The highest BCUT2D eigenvalue weighted by Gasteiger charge is 2.30. The first kappa shape index (κ1) is 19.1. The largest absolute Gasteiger partial charge is 0.339 e. The van der Waals surface area contributed by atoms with Crippen LogP contribution in [-0.4, -0.2) is 50.3 Å². The van der Waals surface area contributed by atoms with Crippen molar-refractivity contribution in [1.82, 2.24) is 19.4 Å². The van der Waals surface area contributed by atoms with Crippen LogP contribution in [0.15, 0.2) is 42.7 Å². The van der Waals surface area contributed by atoms with Gasteiger partial charge in [-0.3, -0.25) is 9.59 Å². The van der Waals surface area contributed by atoms with Crippen LogP contribution in [0.4, 0.5) is 0 Å². The molecule has 1 unspecified atom stereocenters. The minimum absolute atomic E-state index is 0.0394. The van der Waals surface area contributed by atoms with E-state index >= 15 is 0 Å². The number of carbonyl (C=O) groups is 2. The molecule has 0 spiro atoms. The molecule has 1 aliphatic heterocycles. The van der Waals surface area contributed by atoms with E-state index < -0.39 is 0 Å². The van der Waals surface area contributed by atoms with Crippen molar-refractivity contribution in [3.05, 3.63) is 54.1 Å². The third-order valence-corrected chi connectivity index (χ3v) is 5.23. The Morgan fingerprint density at radius 3 is 2.70 bits per heavy atom. The predicted molar refractivity (Wildman–Crippen MR) is 104 cm³/mol. The lowest BCUT2D eigenvalue weighted by atomic mass is 10.1. The Balaban J connectivity index is 1.71. The Hall–Kier alpha value is -2.63. The zero-order valence-electron chi connectivity index (χ0n) is 16.2. The summed E-state index contributed by atoms with van der Waals surface area (Å²) in [5.74, 6) is 1.08. The van der Waals surface area contributed by atoms with Gasteiger partial charge in [-0.25, -0.2) is 4.98 Å². The van der Waals surface area contributed by atoms with Crippen LogP contribution in [0.2, 0.25) is 0 Å². The minimum Gasteiger partial charge on any atom is -0.339 e. The van der Waals surface area contributed by atoms with E-state index in [1.54, 1.807) is 6.20 Å². The summed E-state index contributed by atoms with van der Waals surface area (Å²) in [5.41, 5.74) is 1.12. The summed E-state index contributed by atoms with van der Waals surface area (Å²) in [6.07, 6.45) is 5.57. The Bertz CT molecular complexity index is 771. The first-order valence-corrected chi connectivity index (χ1v) is 9.73. The molecule has 2 aromatic rings. The number of aryl methyl sites for hydroxylation is 1. The lowest BCUT2D eigenvalue weighted by molar-refractivity contribution is -0.133. The monoisotopic (exact) mass is 368 g/mol. The van der Waals surface area contributed by atoms with E-state index in [0.717, 1.165) is 24.2 Å². The number of hydrogen-bond acceptors (Lipinski definition) is 3. The molecule has 1 atom stereocenters. The summed E-state index contributed by atoms with van der Waals surface area (Å²) in [6, 6.07) is 10.1. The van der Waals surface area contributed by atoms with E-state index in [1.807, 2.05) is 57.8 Å². The summed E-state index contributed by atoms with van der Waals surface area (Å²) in [4.78, 5) is 33.7. The van der Waals surface area contributed by atoms with Gasteiger partial charge >= 0.3 is 0 Å². The van der Waals surface area contributed by atoms with Crippen molar-refractivity contribution in [3.8, 4) is 0 Å². The quantitative estimate of drug-likeness (QED) is 0.787. The normalized spacial score (nSPS) is 17.9. The average Bonchev–Trinajstić information content (AvgIpc) is 3.07. The minimum atomic E-state index is 0.0394. The molecule has 144 valence electrons. The molecule has 0 radical (unpaired) electrons. The van der Waals surface area contributed by atoms with Crippen LogP contribution in [0, 0.1) is 0 Å². The van der Waals surface area contributed by atoms with Crippen molar-refractivity contribution in [2.24, 2.45) is 0 Å². The van der Waals surface area contributed by atoms with Crippen LogP contribution < -0.4 is 0 Å². The fourth-order valence-corrected chi connectivity index (χ4v) is 3.64. The first-order valence-electron chi connectivity index (χ1n) is 9.73. The molecule has 1 saturated heterocycles. The summed E-state index contributed by atoms with van der Waals surface area (Å²) in [6.45, 7) is 6.06. The van der Waals surface area contributed by atoms with E-state index in [-0.39, 0.29) is 24.4 Å². The molecule has 2 amide bonds. The zero-order chi connectivity index (χ0) is 19.2. The molecule has 1 aromatic carbocycles. The summed E-state index contributed by atoms with van der Waals surface area (Å²) < 4.78 is 1.90. The highest BCUT2D eigenvalue weighted by molar-refractivity contribution is 5.80. The molecule has 0 aliphatic carbocycles. The number of carbonyl (C=O) groups excluding carboxylic acids is 2. The SMILES string of the molecule is CCc1nccn1CC(=O)N1CCC(=O)N(Cc2ccccc2)C(CC)C1. The van der Waals surface area contributed by atoms with Gasteiger partial charge in [0.1, 0.15) is 12.4 Å². The smallest absolute Gasteiger partial charge is 0.242 e. The van der Waals surface area contributed by atoms with Gasteiger partial charge in [-0.05, 0) is 12.0 Å². The van der Waals surface area contributed by atoms with Gasteiger partial charge in [-0.1, -0.05) is 44.2 Å². The van der Waals surface area contributed by atoms with Crippen molar-refractivity contribution >= 4 is 11.8 Å². The molecule has 3 rings (SSSR count). The Morgan fingerprint density at radius 2 is 2.00 bits per heavy atom. The number of imidazole rings is 1. The summed E-state index contributed by atoms with van der Waals surface area (Å²) in [5, 5.41) is 0. The van der Waals surface area contributed by atoms with E-state index in [0.29, 0.717) is 26.1 Å². The van der Waals surface area contributed by atoms with Gasteiger partial charge in [0.2, 0.25) is 11.8 Å². The topological polar surface area (TPSA) is 58.4 Å². The van der Waals surface area contributed by atoms with Crippen LogP contribution in [0.25, 0.3) is 0 Å². The number of benzene rings is 1. The molecular formula is C21H28N4O2. The third-order valence-electron chi connectivity index (χ3n) is 5.23. The second-order valence-electron chi connectivity index (χ2n) is 6.98. The predicted octanol–water partition coefficient (Wildman–Crippen LogP) is 2.49. The van der Waals surface area contributed by atoms with E-state index in [9.17, 15) is 9.59 Å². The van der Waals surface area contributed by atoms with Crippen molar-refractivity contribution in [1.29, 1.82) is 0 Å². The van der Waals surface area contributed by atoms with E-state index in [4.69, 9.17) is 0 Å². The number of aromatic nitrogens is 2. The first-order chi connectivity index (χ1) is 13.1. The summed E-state index contributed by atoms with van der Waals surface area (Å²) >= 11 is 0. The number of nitrogens with zero attached hydrogens (tertiary/aromatic N) is 4. The fourth-order valence-electron chi connectivity index (χ4n) is 3.64. The molecule has 0 saturated carbocycles. The number of rotatable bonds is 6. The maximum atomic E-state index is 12.9. The standard InChI is InChI=1S/C21H28N4O2/c1-3-18-15-24(21(27)16-23-13-11-22-19(23)4-2)12-10-20(26)25(18)14-17-8-6-5-7-9-17/h5-9,11,13,18H,3-4,10,12,14-16H2,1-2H3. The maximum absolute atomic E-state index is 12.9. The molecule has 1 aliphatic rings. The average molecular weight is 368 g/mol. The van der Waals surface area contributed by atoms with Gasteiger partial charge in [0, 0.05) is 50.9 Å². The van der Waals surface area contributed by atoms with Crippen LogP contribution in [0.3, 0.4) is 0 Å². The third kappa shape index (κ3) is 4.56. The second kappa shape index (κ2) is 8.84. The molecule has 0 N–H and O–H groups in total. The Morgan fingerprint density at radius 1 is 1.22 bits per heavy atom. The van der Waals surface area contributed by atoms with Crippen molar-refractivity contribution in [2.75, 3.05) is 13.1 Å². The van der Waals surface area contributed by atoms with Gasteiger partial charge in [0.25, 0.3) is 0 Å². The van der Waals surface area contributed by atoms with E-state index in [1.165, 1.54) is 0 Å². The van der Waals surface area contributed by atoms with Gasteiger partial charge in [0.05, 0.1) is 0 Å². The van der Waals surface area contributed by atoms with Gasteiger partial charge in [-0.2, -0.15) is 0 Å². The van der Waals surface area contributed by atoms with Crippen LogP contribution in [0.5, 0.6) is 0 Å². The van der Waals surface area contributed by atoms with E-state index in [2.05, 4.69) is 11.9 Å². The zero-order valence-corrected chi connectivity index (χ0v) is 16.2. The maximum Gasteiger partial charge on any atom is 0.242 e. The van der Waals surface area contributed by atoms with Gasteiger partial charge in [-0.15, -0.1) is 0 Å².